The maximum absolute atomic E-state index is 5.11. The van der Waals surface area contributed by atoms with Gasteiger partial charge in [-0.3, -0.25) is 0 Å². The minimum Gasteiger partial charge on any atom is -0.372 e. The van der Waals surface area contributed by atoms with Crippen molar-refractivity contribution in [2.24, 2.45) is 5.73 Å². The van der Waals surface area contributed by atoms with E-state index in [2.05, 4.69) is 5.32 Å². The lowest BCUT2D eigenvalue weighted by atomic mass is 10.4. The molecule has 1 unspecified atom stereocenters. The molecule has 0 aromatic rings. The summed E-state index contributed by atoms with van der Waals surface area (Å²) in [5.74, 6) is 0. The molecule has 2 rings (SSSR count). The van der Waals surface area contributed by atoms with Gasteiger partial charge in [-0.2, -0.15) is 0 Å². The lowest BCUT2D eigenvalue weighted by Crippen LogP contribution is -2.05. The summed E-state index contributed by atoms with van der Waals surface area (Å²) >= 11 is 0. The summed E-state index contributed by atoms with van der Waals surface area (Å²) in [6.45, 7) is 4.08. The summed E-state index contributed by atoms with van der Waals surface area (Å²) in [7, 11) is 0. The number of rotatable bonds is 1. The molecule has 60 valence electrons. The van der Waals surface area contributed by atoms with Crippen molar-refractivity contribution in [3.05, 3.63) is 0 Å². The minimum absolute atomic E-state index is 0.412. The maximum atomic E-state index is 5.11. The van der Waals surface area contributed by atoms with Gasteiger partial charge in [0.2, 0.25) is 0 Å². The van der Waals surface area contributed by atoms with E-state index in [0.717, 1.165) is 6.61 Å². The van der Waals surface area contributed by atoms with Gasteiger partial charge < -0.3 is 15.8 Å². The Labute approximate surface area is 61.9 Å². The van der Waals surface area contributed by atoms with Gasteiger partial charge in [-0.05, 0) is 25.9 Å². The third kappa shape index (κ3) is 3.82. The Morgan fingerprint density at radius 3 is 2.10 bits per heavy atom. The van der Waals surface area contributed by atoms with Crippen molar-refractivity contribution in [2.45, 2.75) is 18.9 Å². The molecule has 3 heteroatoms. The van der Waals surface area contributed by atoms with Crippen LogP contribution in [0, 0.1) is 0 Å². The molecule has 3 N–H and O–H groups in total. The Hall–Kier alpha value is -0.120. The zero-order chi connectivity index (χ0) is 7.23. The molecule has 0 saturated carbocycles. The first-order valence-corrected chi connectivity index (χ1v) is 3.96. The number of nitrogens with two attached hydrogens (primary N) is 1. The van der Waals surface area contributed by atoms with E-state index in [0.29, 0.717) is 12.6 Å². The van der Waals surface area contributed by atoms with Crippen molar-refractivity contribution < 1.29 is 4.74 Å². The highest BCUT2D eigenvalue weighted by Gasteiger charge is 2.18. The molecule has 2 fully saturated rings. The van der Waals surface area contributed by atoms with E-state index in [-0.39, 0.29) is 0 Å². The smallest absolute Gasteiger partial charge is 0.0931 e. The van der Waals surface area contributed by atoms with Crippen LogP contribution >= 0.6 is 0 Å². The monoisotopic (exact) mass is 144 g/mol. The van der Waals surface area contributed by atoms with Crippen molar-refractivity contribution in [1.82, 2.24) is 5.32 Å². The second-order valence-electron chi connectivity index (χ2n) is 2.65. The van der Waals surface area contributed by atoms with Crippen LogP contribution in [0.1, 0.15) is 12.8 Å². The van der Waals surface area contributed by atoms with Crippen LogP contribution < -0.4 is 11.1 Å². The van der Waals surface area contributed by atoms with Crippen molar-refractivity contribution in [3.8, 4) is 0 Å². The largest absolute Gasteiger partial charge is 0.372 e. The van der Waals surface area contributed by atoms with Gasteiger partial charge in [0.25, 0.3) is 0 Å². The van der Waals surface area contributed by atoms with Crippen LogP contribution in [-0.2, 0) is 4.74 Å². The molecule has 0 radical (unpaired) electrons. The number of epoxide rings is 1. The first kappa shape index (κ1) is 7.98. The van der Waals surface area contributed by atoms with Crippen LogP contribution in [0.2, 0.25) is 0 Å². The average Bonchev–Trinajstić information content (AvgIpc) is 2.63. The molecule has 2 aliphatic heterocycles. The highest BCUT2D eigenvalue weighted by Crippen LogP contribution is 2.03. The van der Waals surface area contributed by atoms with Gasteiger partial charge in [-0.15, -0.1) is 0 Å². The molecule has 0 aromatic heterocycles. The second kappa shape index (κ2) is 4.66. The first-order valence-electron chi connectivity index (χ1n) is 3.96. The van der Waals surface area contributed by atoms with Crippen molar-refractivity contribution >= 4 is 0 Å². The lowest BCUT2D eigenvalue weighted by Gasteiger charge is -1.76. The predicted molar refractivity (Wildman–Crippen MR) is 40.9 cm³/mol. The van der Waals surface area contributed by atoms with Crippen LogP contribution in [0.15, 0.2) is 0 Å². The van der Waals surface area contributed by atoms with Crippen molar-refractivity contribution in [2.75, 3.05) is 26.2 Å². The molecular formula is C7H16N2O. The molecule has 0 spiro atoms. The molecule has 0 aliphatic carbocycles. The van der Waals surface area contributed by atoms with Crippen LogP contribution in [0.3, 0.4) is 0 Å². The second-order valence-corrected chi connectivity index (χ2v) is 2.65. The Kier molecular flexibility index (Phi) is 3.72. The third-order valence-electron chi connectivity index (χ3n) is 1.62. The van der Waals surface area contributed by atoms with Gasteiger partial charge >= 0.3 is 0 Å². The Balaban J connectivity index is 0.0000001000. The van der Waals surface area contributed by atoms with Crippen LogP contribution in [0.25, 0.3) is 0 Å². The molecule has 0 bridgehead atoms. The normalized spacial score (nSPS) is 29.1. The van der Waals surface area contributed by atoms with Crippen molar-refractivity contribution in [1.29, 1.82) is 0 Å². The molecule has 0 aromatic carbocycles. The van der Waals surface area contributed by atoms with E-state index in [1.165, 1.54) is 25.9 Å². The minimum atomic E-state index is 0.412. The Bertz CT molecular complexity index is 72.1. The summed E-state index contributed by atoms with van der Waals surface area (Å²) in [6, 6.07) is 0. The van der Waals surface area contributed by atoms with E-state index in [9.17, 15) is 0 Å². The summed E-state index contributed by atoms with van der Waals surface area (Å²) in [4.78, 5) is 0. The number of hydrogen-bond acceptors (Lipinski definition) is 3. The number of nitrogens with one attached hydrogen (secondary N) is 1. The van der Waals surface area contributed by atoms with E-state index in [4.69, 9.17) is 10.5 Å². The van der Waals surface area contributed by atoms with E-state index >= 15 is 0 Å². The van der Waals surface area contributed by atoms with Gasteiger partial charge in [0.05, 0.1) is 12.7 Å². The van der Waals surface area contributed by atoms with E-state index in [1.54, 1.807) is 0 Å². The fourth-order valence-electron chi connectivity index (χ4n) is 0.829. The fourth-order valence-corrected chi connectivity index (χ4v) is 0.829. The van der Waals surface area contributed by atoms with Crippen molar-refractivity contribution in [3.63, 3.8) is 0 Å². The summed E-state index contributed by atoms with van der Waals surface area (Å²) < 4.78 is 4.73. The van der Waals surface area contributed by atoms with Crippen LogP contribution in [-0.4, -0.2) is 32.3 Å². The predicted octanol–water partition coefficient (Wildman–Crippen LogP) is -0.286. The third-order valence-corrected chi connectivity index (χ3v) is 1.62. The molecule has 10 heavy (non-hydrogen) atoms. The standard InChI is InChI=1S/C4H9N.C3H7NO/c1-2-4-5-3-1;4-1-3-2-5-3/h5H,1-4H2;3H,1-2,4H2. The highest BCUT2D eigenvalue weighted by atomic mass is 16.6. The van der Waals surface area contributed by atoms with E-state index in [1.807, 2.05) is 0 Å². The molecule has 0 amide bonds. The molecular weight excluding hydrogens is 128 g/mol. The maximum Gasteiger partial charge on any atom is 0.0931 e. The summed E-state index contributed by atoms with van der Waals surface area (Å²) in [5, 5.41) is 3.22. The van der Waals surface area contributed by atoms with Gasteiger partial charge in [-0.1, -0.05) is 0 Å². The highest BCUT2D eigenvalue weighted by molar-refractivity contribution is 4.67. The summed E-state index contributed by atoms with van der Waals surface area (Å²) in [5.41, 5.74) is 5.11. The van der Waals surface area contributed by atoms with Gasteiger partial charge in [0, 0.05) is 6.54 Å². The quantitative estimate of drug-likeness (QED) is 0.497. The fraction of sp³-hybridized carbons (Fsp3) is 1.00. The topological polar surface area (TPSA) is 50.6 Å². The Morgan fingerprint density at radius 2 is 2.00 bits per heavy atom. The Morgan fingerprint density at radius 1 is 1.40 bits per heavy atom. The molecule has 2 heterocycles. The van der Waals surface area contributed by atoms with Gasteiger partial charge in [0.1, 0.15) is 0 Å². The molecule has 2 aliphatic rings. The summed E-state index contributed by atoms with van der Waals surface area (Å²) in [6.07, 6.45) is 3.19. The van der Waals surface area contributed by atoms with Gasteiger partial charge in [0.15, 0.2) is 0 Å². The molecule has 3 nitrogen and oxygen atoms in total. The average molecular weight is 144 g/mol. The first-order chi connectivity index (χ1) is 4.93. The van der Waals surface area contributed by atoms with Gasteiger partial charge in [-0.25, -0.2) is 0 Å². The number of hydrogen-bond donors (Lipinski definition) is 2. The van der Waals surface area contributed by atoms with Crippen LogP contribution in [0.5, 0.6) is 0 Å². The molecule has 2 saturated heterocycles. The number of ether oxygens (including phenoxy) is 1. The zero-order valence-electron chi connectivity index (χ0n) is 6.31. The van der Waals surface area contributed by atoms with E-state index < -0.39 is 0 Å². The SMILES string of the molecule is C1CCNC1.NCC1CO1. The molecule has 1 atom stereocenters. The lowest BCUT2D eigenvalue weighted by molar-refractivity contribution is 0.412. The zero-order valence-corrected chi connectivity index (χ0v) is 6.31. The van der Waals surface area contributed by atoms with Crippen LogP contribution in [0.4, 0.5) is 0 Å².